The van der Waals surface area contributed by atoms with Crippen LogP contribution in [0.3, 0.4) is 0 Å². The summed E-state index contributed by atoms with van der Waals surface area (Å²) in [6, 6.07) is 8.84. The van der Waals surface area contributed by atoms with Crippen LogP contribution in [0.2, 0.25) is 0 Å². The molecule has 1 heterocycles. The molecule has 2 heteroatoms. The lowest BCUT2D eigenvalue weighted by Gasteiger charge is -2.23. The maximum absolute atomic E-state index is 5.88. The minimum atomic E-state index is 0.734. The molecule has 0 saturated carbocycles. The first-order valence-electron chi connectivity index (χ1n) is 9.83. The zero-order valence-electron chi connectivity index (χ0n) is 15.0. The van der Waals surface area contributed by atoms with Gasteiger partial charge in [0.15, 0.2) is 0 Å². The summed E-state index contributed by atoms with van der Waals surface area (Å²) in [5, 5.41) is 3.43. The van der Waals surface area contributed by atoms with Gasteiger partial charge >= 0.3 is 0 Å². The Bertz CT molecular complexity index is 395. The molecule has 0 aromatic heterocycles. The summed E-state index contributed by atoms with van der Waals surface area (Å²) >= 11 is 0. The largest absolute Gasteiger partial charge is 0.494 e. The van der Waals surface area contributed by atoms with Gasteiger partial charge in [0, 0.05) is 0 Å². The number of benzene rings is 1. The standard InChI is InChI=1S/C21H35NO/c1-2-3-4-5-6-7-8-9-18-23-21-12-10-19(11-13-21)20-14-16-22-17-15-20/h10-13,20,22H,2-9,14-18H2,1H3. The van der Waals surface area contributed by atoms with Gasteiger partial charge in [-0.1, -0.05) is 64.0 Å². The third kappa shape index (κ3) is 7.39. The van der Waals surface area contributed by atoms with Crippen LogP contribution in [-0.4, -0.2) is 19.7 Å². The number of rotatable bonds is 11. The fraction of sp³-hybridized carbons (Fsp3) is 0.714. The van der Waals surface area contributed by atoms with Crippen LogP contribution in [0.15, 0.2) is 24.3 Å². The number of unbranched alkanes of at least 4 members (excludes halogenated alkanes) is 7. The second kappa shape index (κ2) is 11.5. The highest BCUT2D eigenvalue weighted by Crippen LogP contribution is 2.26. The topological polar surface area (TPSA) is 21.3 Å². The van der Waals surface area contributed by atoms with Crippen LogP contribution in [-0.2, 0) is 0 Å². The Labute approximate surface area is 143 Å². The highest BCUT2D eigenvalue weighted by molar-refractivity contribution is 5.29. The summed E-state index contributed by atoms with van der Waals surface area (Å²) in [5.41, 5.74) is 1.48. The van der Waals surface area contributed by atoms with E-state index in [9.17, 15) is 0 Å². The SMILES string of the molecule is CCCCCCCCCCOc1ccc(C2CCNCC2)cc1. The fourth-order valence-corrected chi connectivity index (χ4v) is 3.42. The van der Waals surface area contributed by atoms with E-state index < -0.39 is 0 Å². The maximum atomic E-state index is 5.88. The molecule has 0 spiro atoms. The van der Waals surface area contributed by atoms with Crippen LogP contribution < -0.4 is 10.1 Å². The molecule has 0 amide bonds. The van der Waals surface area contributed by atoms with Crippen molar-refractivity contribution in [3.63, 3.8) is 0 Å². The number of ether oxygens (including phenoxy) is 1. The number of piperidine rings is 1. The van der Waals surface area contributed by atoms with E-state index in [1.54, 1.807) is 0 Å². The van der Waals surface area contributed by atoms with Gasteiger partial charge in [0.2, 0.25) is 0 Å². The van der Waals surface area contributed by atoms with Crippen molar-refractivity contribution in [2.75, 3.05) is 19.7 Å². The van der Waals surface area contributed by atoms with Gasteiger partial charge in [-0.25, -0.2) is 0 Å². The Morgan fingerprint density at radius 1 is 0.870 bits per heavy atom. The number of nitrogens with one attached hydrogen (secondary N) is 1. The van der Waals surface area contributed by atoms with E-state index in [-0.39, 0.29) is 0 Å². The van der Waals surface area contributed by atoms with E-state index in [1.807, 2.05) is 0 Å². The Balaban J connectivity index is 1.54. The van der Waals surface area contributed by atoms with Crippen molar-refractivity contribution in [1.82, 2.24) is 5.32 Å². The molecule has 0 radical (unpaired) electrons. The van der Waals surface area contributed by atoms with Gasteiger partial charge in [-0.2, -0.15) is 0 Å². The second-order valence-corrected chi connectivity index (χ2v) is 6.92. The number of hydrogen-bond acceptors (Lipinski definition) is 2. The molecule has 1 saturated heterocycles. The van der Waals surface area contributed by atoms with Gasteiger partial charge in [-0.15, -0.1) is 0 Å². The summed E-state index contributed by atoms with van der Waals surface area (Å²) < 4.78 is 5.88. The van der Waals surface area contributed by atoms with Gasteiger partial charge in [0.05, 0.1) is 6.61 Å². The minimum absolute atomic E-state index is 0.734. The lowest BCUT2D eigenvalue weighted by molar-refractivity contribution is 0.304. The molecular formula is C21H35NO. The molecule has 0 unspecified atom stereocenters. The minimum Gasteiger partial charge on any atom is -0.494 e. The van der Waals surface area contributed by atoms with E-state index in [2.05, 4.69) is 36.5 Å². The van der Waals surface area contributed by atoms with Crippen LogP contribution in [0.5, 0.6) is 5.75 Å². The first-order chi connectivity index (χ1) is 11.4. The molecule has 2 rings (SSSR count). The average Bonchev–Trinajstić information content (AvgIpc) is 2.62. The Morgan fingerprint density at radius 2 is 1.48 bits per heavy atom. The molecule has 1 aromatic carbocycles. The first-order valence-corrected chi connectivity index (χ1v) is 9.83. The zero-order valence-corrected chi connectivity index (χ0v) is 15.0. The van der Waals surface area contributed by atoms with Crippen molar-refractivity contribution in [3.8, 4) is 5.75 Å². The summed E-state index contributed by atoms with van der Waals surface area (Å²) in [6.45, 7) is 5.45. The Kier molecular flexibility index (Phi) is 9.16. The third-order valence-electron chi connectivity index (χ3n) is 4.96. The first kappa shape index (κ1) is 18.3. The van der Waals surface area contributed by atoms with E-state index in [1.165, 1.54) is 69.8 Å². The van der Waals surface area contributed by atoms with E-state index in [4.69, 9.17) is 4.74 Å². The number of hydrogen-bond donors (Lipinski definition) is 1. The van der Waals surface area contributed by atoms with Crippen LogP contribution in [0.1, 0.15) is 82.6 Å². The van der Waals surface area contributed by atoms with Crippen molar-refractivity contribution in [2.45, 2.75) is 77.0 Å². The van der Waals surface area contributed by atoms with Crippen molar-refractivity contribution in [2.24, 2.45) is 0 Å². The molecule has 0 aliphatic carbocycles. The summed E-state index contributed by atoms with van der Waals surface area (Å²) in [4.78, 5) is 0. The molecule has 130 valence electrons. The second-order valence-electron chi connectivity index (χ2n) is 6.92. The monoisotopic (exact) mass is 317 g/mol. The molecule has 0 bridgehead atoms. The normalized spacial score (nSPS) is 15.7. The molecule has 2 nitrogen and oxygen atoms in total. The van der Waals surface area contributed by atoms with Gasteiger partial charge < -0.3 is 10.1 Å². The van der Waals surface area contributed by atoms with Crippen molar-refractivity contribution >= 4 is 0 Å². The predicted octanol–water partition coefficient (Wildman–Crippen LogP) is 5.67. The van der Waals surface area contributed by atoms with Crippen molar-refractivity contribution in [1.29, 1.82) is 0 Å². The summed E-state index contributed by atoms with van der Waals surface area (Å²) in [7, 11) is 0. The van der Waals surface area contributed by atoms with Crippen molar-refractivity contribution < 1.29 is 4.74 Å². The molecular weight excluding hydrogens is 282 g/mol. The quantitative estimate of drug-likeness (QED) is 0.531. The smallest absolute Gasteiger partial charge is 0.119 e. The highest BCUT2D eigenvalue weighted by Gasteiger charge is 2.14. The van der Waals surface area contributed by atoms with Crippen LogP contribution in [0, 0.1) is 0 Å². The Hall–Kier alpha value is -1.02. The van der Waals surface area contributed by atoms with Gasteiger partial charge in [-0.3, -0.25) is 0 Å². The van der Waals surface area contributed by atoms with Gasteiger partial charge in [0.25, 0.3) is 0 Å². The molecule has 0 atom stereocenters. The van der Waals surface area contributed by atoms with E-state index >= 15 is 0 Å². The molecule has 1 fully saturated rings. The van der Waals surface area contributed by atoms with Crippen LogP contribution in [0.25, 0.3) is 0 Å². The Morgan fingerprint density at radius 3 is 2.13 bits per heavy atom. The lowest BCUT2D eigenvalue weighted by atomic mass is 9.90. The molecule has 1 N–H and O–H groups in total. The van der Waals surface area contributed by atoms with Crippen LogP contribution in [0.4, 0.5) is 0 Å². The fourth-order valence-electron chi connectivity index (χ4n) is 3.42. The predicted molar refractivity (Wildman–Crippen MR) is 99.4 cm³/mol. The molecule has 1 aliphatic rings. The third-order valence-corrected chi connectivity index (χ3v) is 4.96. The maximum Gasteiger partial charge on any atom is 0.119 e. The zero-order chi connectivity index (χ0) is 16.2. The molecule has 1 aliphatic heterocycles. The van der Waals surface area contributed by atoms with Crippen molar-refractivity contribution in [3.05, 3.63) is 29.8 Å². The highest BCUT2D eigenvalue weighted by atomic mass is 16.5. The van der Waals surface area contributed by atoms with E-state index in [0.29, 0.717) is 0 Å². The summed E-state index contributed by atoms with van der Waals surface area (Å²) in [5.74, 6) is 1.77. The summed E-state index contributed by atoms with van der Waals surface area (Å²) in [6.07, 6.45) is 13.3. The van der Waals surface area contributed by atoms with Gasteiger partial charge in [-0.05, 0) is 56.0 Å². The van der Waals surface area contributed by atoms with Crippen LogP contribution >= 0.6 is 0 Å². The molecule has 23 heavy (non-hydrogen) atoms. The lowest BCUT2D eigenvalue weighted by Crippen LogP contribution is -2.26. The van der Waals surface area contributed by atoms with Gasteiger partial charge in [0.1, 0.15) is 5.75 Å². The average molecular weight is 318 g/mol. The molecule has 1 aromatic rings. The van der Waals surface area contributed by atoms with E-state index in [0.717, 1.165) is 31.4 Å².